The summed E-state index contributed by atoms with van der Waals surface area (Å²) >= 11 is 0. The Bertz CT molecular complexity index is 490. The van der Waals surface area contributed by atoms with Crippen molar-refractivity contribution in [2.45, 2.75) is 43.8 Å². The van der Waals surface area contributed by atoms with Gasteiger partial charge in [-0.15, -0.1) is 0 Å². The molecule has 0 aromatic heterocycles. The third-order valence-corrected chi connectivity index (χ3v) is 5.28. The van der Waals surface area contributed by atoms with E-state index in [1.807, 2.05) is 0 Å². The molecule has 128 valence electrons. The average Bonchev–Trinajstić information content (AvgIpc) is 2.55. The van der Waals surface area contributed by atoms with Crippen molar-refractivity contribution < 1.29 is 14.0 Å². The maximum atomic E-state index is 6.84. The van der Waals surface area contributed by atoms with E-state index in [9.17, 15) is 0 Å². The summed E-state index contributed by atoms with van der Waals surface area (Å²) in [6, 6.07) is 10.8. The van der Waals surface area contributed by atoms with Gasteiger partial charge in [0, 0.05) is 0 Å². The van der Waals surface area contributed by atoms with Gasteiger partial charge in [-0.05, 0) is 24.3 Å². The predicted molar refractivity (Wildman–Crippen MR) is 93.3 cm³/mol. The number of benzene rings is 1. The highest BCUT2D eigenvalue weighted by Crippen LogP contribution is 2.44. The summed E-state index contributed by atoms with van der Waals surface area (Å²) in [5.41, 5.74) is 1.05. The van der Waals surface area contributed by atoms with Crippen LogP contribution in [0.2, 0.25) is 0 Å². The van der Waals surface area contributed by atoms with E-state index < -0.39 is 0 Å². The molecule has 1 aromatic rings. The van der Waals surface area contributed by atoms with E-state index in [1.54, 1.807) is 0 Å². The molecule has 23 heavy (non-hydrogen) atoms. The maximum absolute atomic E-state index is 6.84. The van der Waals surface area contributed by atoms with Gasteiger partial charge < -0.3 is 14.0 Å². The smallest absolute Gasteiger partial charge is 0.131 e. The molecule has 0 N–H and O–H groups in total. The number of hydrogen-bond donors (Lipinski definition) is 0. The highest BCUT2D eigenvalue weighted by Gasteiger charge is 2.47. The van der Waals surface area contributed by atoms with Gasteiger partial charge in [0.25, 0.3) is 0 Å². The van der Waals surface area contributed by atoms with Crippen molar-refractivity contribution in [3.8, 4) is 0 Å². The fourth-order valence-electron chi connectivity index (χ4n) is 4.30. The Labute approximate surface area is 141 Å². The summed E-state index contributed by atoms with van der Waals surface area (Å²) in [5, 5.41) is 0. The minimum atomic E-state index is -0.250. The van der Waals surface area contributed by atoms with Crippen LogP contribution in [-0.4, -0.2) is 51.5 Å². The first-order chi connectivity index (χ1) is 11.0. The normalized spacial score (nSPS) is 30.3. The molecular weight excluding hydrogens is 286 g/mol. The molecule has 0 radical (unpaired) electrons. The van der Waals surface area contributed by atoms with Crippen molar-refractivity contribution in [1.29, 1.82) is 0 Å². The lowest BCUT2D eigenvalue weighted by Crippen LogP contribution is -2.55. The number of rotatable bonds is 4. The zero-order valence-electron chi connectivity index (χ0n) is 15.0. The number of nitrogens with zero attached hydrogens (tertiary/aromatic N) is 1. The molecule has 1 aliphatic carbocycles. The van der Waals surface area contributed by atoms with Crippen LogP contribution in [0.5, 0.6) is 0 Å². The molecule has 2 aliphatic rings. The van der Waals surface area contributed by atoms with Crippen LogP contribution in [0.1, 0.15) is 37.7 Å². The minimum absolute atomic E-state index is 0.172. The van der Waals surface area contributed by atoms with Crippen LogP contribution in [0, 0.1) is 5.92 Å². The van der Waals surface area contributed by atoms with Crippen LogP contribution in [0.4, 0.5) is 0 Å². The number of likely N-dealkylation sites (N-methyl/N-ethyl adjacent to an activating group) is 1. The summed E-state index contributed by atoms with van der Waals surface area (Å²) in [6.45, 7) is 2.41. The van der Waals surface area contributed by atoms with Crippen molar-refractivity contribution >= 4 is 0 Å². The van der Waals surface area contributed by atoms with E-state index >= 15 is 0 Å². The topological polar surface area (TPSA) is 18.5 Å². The van der Waals surface area contributed by atoms with Gasteiger partial charge in [-0.2, -0.15) is 0 Å². The molecule has 3 rings (SSSR count). The molecule has 1 saturated carbocycles. The zero-order chi connectivity index (χ0) is 16.3. The highest BCUT2D eigenvalue weighted by atomic mass is 16.6. The first kappa shape index (κ1) is 16.9. The molecule has 2 atom stereocenters. The van der Waals surface area contributed by atoms with Crippen LogP contribution >= 0.6 is 0 Å². The summed E-state index contributed by atoms with van der Waals surface area (Å²) < 4.78 is 13.9. The lowest BCUT2D eigenvalue weighted by Gasteiger charge is -2.48. The Kier molecular flexibility index (Phi) is 5.10. The number of hydrogen-bond acceptors (Lipinski definition) is 2. The van der Waals surface area contributed by atoms with E-state index in [0.29, 0.717) is 12.5 Å². The van der Waals surface area contributed by atoms with Gasteiger partial charge in [-0.1, -0.05) is 49.6 Å². The SMILES string of the molecule is C[N+](C)(C)C[C@H]1COC[C@@](c2ccccc2)(C2CCCCC2)O1. The van der Waals surface area contributed by atoms with Gasteiger partial charge in [-0.3, -0.25) is 0 Å². The molecule has 0 spiro atoms. The summed E-state index contributed by atoms with van der Waals surface area (Å²) in [5.74, 6) is 0.578. The molecule has 0 amide bonds. The van der Waals surface area contributed by atoms with Crippen molar-refractivity contribution in [2.24, 2.45) is 5.92 Å². The fourth-order valence-corrected chi connectivity index (χ4v) is 4.30. The first-order valence-corrected chi connectivity index (χ1v) is 9.11. The van der Waals surface area contributed by atoms with E-state index in [1.165, 1.54) is 37.7 Å². The Morgan fingerprint density at radius 2 is 1.74 bits per heavy atom. The summed E-state index contributed by atoms with van der Waals surface area (Å²) in [4.78, 5) is 0. The van der Waals surface area contributed by atoms with Crippen LogP contribution in [-0.2, 0) is 15.1 Å². The first-order valence-electron chi connectivity index (χ1n) is 9.11. The molecule has 1 heterocycles. The average molecular weight is 318 g/mol. The van der Waals surface area contributed by atoms with Crippen LogP contribution in [0.15, 0.2) is 30.3 Å². The highest BCUT2D eigenvalue weighted by molar-refractivity contribution is 5.25. The van der Waals surface area contributed by atoms with Crippen LogP contribution in [0.25, 0.3) is 0 Å². The van der Waals surface area contributed by atoms with E-state index in [2.05, 4.69) is 51.5 Å². The maximum Gasteiger partial charge on any atom is 0.131 e. The van der Waals surface area contributed by atoms with Crippen molar-refractivity contribution in [1.82, 2.24) is 0 Å². The summed E-state index contributed by atoms with van der Waals surface area (Å²) in [7, 11) is 6.67. The Morgan fingerprint density at radius 1 is 1.04 bits per heavy atom. The van der Waals surface area contributed by atoms with Gasteiger partial charge in [0.15, 0.2) is 0 Å². The van der Waals surface area contributed by atoms with Gasteiger partial charge in [0.2, 0.25) is 0 Å². The molecule has 1 saturated heterocycles. The monoisotopic (exact) mass is 318 g/mol. The standard InChI is InChI=1S/C20H32NO2/c1-21(2,3)14-19-15-22-16-20(23-19,17-10-6-4-7-11-17)18-12-8-5-9-13-18/h4,6-7,10-11,18-19H,5,8-9,12-16H2,1-3H3/q+1/t19-,20+/m0/s1. The van der Waals surface area contributed by atoms with Crippen molar-refractivity contribution in [3.63, 3.8) is 0 Å². The van der Waals surface area contributed by atoms with E-state index in [0.717, 1.165) is 17.6 Å². The van der Waals surface area contributed by atoms with Crippen molar-refractivity contribution in [2.75, 3.05) is 40.9 Å². The number of ether oxygens (including phenoxy) is 2. The predicted octanol–water partition coefficient (Wildman–Crippen LogP) is 3.58. The largest absolute Gasteiger partial charge is 0.375 e. The number of quaternary nitrogens is 1. The Balaban J connectivity index is 1.88. The fraction of sp³-hybridized carbons (Fsp3) is 0.700. The molecule has 2 fully saturated rings. The molecule has 1 aliphatic heterocycles. The molecule has 3 nitrogen and oxygen atoms in total. The van der Waals surface area contributed by atoms with Crippen LogP contribution in [0.3, 0.4) is 0 Å². The minimum Gasteiger partial charge on any atom is -0.375 e. The second-order valence-electron chi connectivity index (χ2n) is 8.32. The van der Waals surface area contributed by atoms with E-state index in [4.69, 9.17) is 9.47 Å². The van der Waals surface area contributed by atoms with Crippen LogP contribution < -0.4 is 0 Å². The quantitative estimate of drug-likeness (QED) is 0.790. The lowest BCUT2D eigenvalue weighted by molar-refractivity contribution is -0.874. The van der Waals surface area contributed by atoms with Gasteiger partial charge in [0.05, 0.1) is 34.4 Å². The Morgan fingerprint density at radius 3 is 2.39 bits per heavy atom. The lowest BCUT2D eigenvalue weighted by atomic mass is 9.73. The molecular formula is C20H32NO2+. The summed E-state index contributed by atoms with van der Waals surface area (Å²) in [6.07, 6.45) is 6.70. The second kappa shape index (κ2) is 6.92. The molecule has 1 aromatic carbocycles. The van der Waals surface area contributed by atoms with E-state index in [-0.39, 0.29) is 11.7 Å². The molecule has 0 unspecified atom stereocenters. The zero-order valence-corrected chi connectivity index (χ0v) is 15.0. The van der Waals surface area contributed by atoms with Gasteiger partial charge >= 0.3 is 0 Å². The third-order valence-electron chi connectivity index (χ3n) is 5.28. The Hall–Kier alpha value is -0.900. The van der Waals surface area contributed by atoms with Gasteiger partial charge in [-0.25, -0.2) is 0 Å². The molecule has 0 bridgehead atoms. The van der Waals surface area contributed by atoms with Crippen molar-refractivity contribution in [3.05, 3.63) is 35.9 Å². The third kappa shape index (κ3) is 3.96. The molecule has 3 heteroatoms. The second-order valence-corrected chi connectivity index (χ2v) is 8.32. The van der Waals surface area contributed by atoms with Gasteiger partial charge in [0.1, 0.15) is 18.2 Å².